The van der Waals surface area contributed by atoms with Crippen LogP contribution in [0.1, 0.15) is 43.4 Å². The first-order valence-electron chi connectivity index (χ1n) is 9.14. The van der Waals surface area contributed by atoms with E-state index in [9.17, 15) is 14.7 Å². The Balaban J connectivity index is 1.97. The molecule has 3 N–H and O–H groups in total. The van der Waals surface area contributed by atoms with Crippen molar-refractivity contribution in [3.63, 3.8) is 0 Å². The molecule has 0 saturated heterocycles. The molecule has 1 saturated carbocycles. The van der Waals surface area contributed by atoms with E-state index in [2.05, 4.69) is 10.3 Å². The van der Waals surface area contributed by atoms with Gasteiger partial charge in [-0.25, -0.2) is 0 Å². The number of fused-ring (bicyclic) bond motifs is 2. The Labute approximate surface area is 157 Å². The highest BCUT2D eigenvalue weighted by Crippen LogP contribution is 2.47. The highest BCUT2D eigenvalue weighted by atomic mass is 16.5. The molecular weight excluding hydrogens is 346 g/mol. The number of nitrogens with zero attached hydrogens (tertiary/aromatic N) is 1. The van der Waals surface area contributed by atoms with Crippen molar-refractivity contribution in [2.75, 3.05) is 12.4 Å². The first-order chi connectivity index (χ1) is 13.0. The Hall–Kier alpha value is -2.96. The number of methoxy groups -OCH3 is 1. The zero-order chi connectivity index (χ0) is 19.1. The van der Waals surface area contributed by atoms with Crippen molar-refractivity contribution in [1.82, 2.24) is 9.88 Å². The summed E-state index contributed by atoms with van der Waals surface area (Å²) in [4.78, 5) is 30.0. The summed E-state index contributed by atoms with van der Waals surface area (Å²) in [5.74, 6) is 0.544. The highest BCUT2D eigenvalue weighted by molar-refractivity contribution is 5.90. The van der Waals surface area contributed by atoms with Crippen LogP contribution in [0.4, 0.5) is 5.69 Å². The molecule has 1 aromatic heterocycles. The molecular formula is C20H23N3O4. The second-order valence-electron chi connectivity index (χ2n) is 7.08. The number of benzene rings is 1. The van der Waals surface area contributed by atoms with Crippen molar-refractivity contribution in [3.8, 4) is 11.6 Å². The van der Waals surface area contributed by atoms with Crippen LogP contribution in [0.3, 0.4) is 0 Å². The van der Waals surface area contributed by atoms with Gasteiger partial charge in [-0.3, -0.25) is 9.59 Å². The van der Waals surface area contributed by atoms with Crippen molar-refractivity contribution in [1.29, 1.82) is 0 Å². The van der Waals surface area contributed by atoms with Gasteiger partial charge in [0.25, 0.3) is 0 Å². The van der Waals surface area contributed by atoms with Crippen LogP contribution in [-0.4, -0.2) is 45.9 Å². The lowest BCUT2D eigenvalue weighted by molar-refractivity contribution is -0.136. The molecule has 142 valence electrons. The van der Waals surface area contributed by atoms with Crippen LogP contribution in [0.5, 0.6) is 11.6 Å². The number of amides is 1. The second-order valence-corrected chi connectivity index (χ2v) is 7.08. The molecule has 2 heterocycles. The number of Topliss-reactive ketones (excluding diaryl/α,β-unsaturated/α-hetero) is 1. The van der Waals surface area contributed by atoms with E-state index in [0.717, 1.165) is 18.4 Å². The van der Waals surface area contributed by atoms with Gasteiger partial charge in [0, 0.05) is 25.1 Å². The topological polar surface area (TPSA) is 94.7 Å². The number of carbonyl (C=O) groups is 2. The Morgan fingerprint density at radius 1 is 1.33 bits per heavy atom. The normalized spacial score (nSPS) is 24.4. The van der Waals surface area contributed by atoms with Crippen molar-refractivity contribution >= 4 is 17.4 Å². The van der Waals surface area contributed by atoms with E-state index in [1.165, 1.54) is 6.92 Å². The van der Waals surface area contributed by atoms with Crippen LogP contribution in [0.2, 0.25) is 0 Å². The maximum Gasteiger partial charge on any atom is 0.220 e. The van der Waals surface area contributed by atoms with E-state index < -0.39 is 12.1 Å². The molecule has 0 radical (unpaired) electrons. The molecule has 3 unspecified atom stereocenters. The minimum Gasteiger partial charge on any atom is -0.496 e. The number of hydrogen-bond acceptors (Lipinski definition) is 5. The standard InChI is InChI=1S/C20H23N3O4/c1-11(24)23-14-7-5-8-15(25)18(14)22-13-10-21-20(26)17(13)19(23)12-6-3-4-9-16(12)27-2/h3-4,6,9-10,14,18-19,21-22,26H,5,7-8H2,1-2H3. The number of ketones is 1. The third kappa shape index (κ3) is 2.74. The Morgan fingerprint density at radius 2 is 2.11 bits per heavy atom. The zero-order valence-corrected chi connectivity index (χ0v) is 15.4. The average Bonchev–Trinajstić information content (AvgIpc) is 2.93. The van der Waals surface area contributed by atoms with Crippen molar-refractivity contribution in [2.45, 2.75) is 44.3 Å². The van der Waals surface area contributed by atoms with E-state index in [0.29, 0.717) is 23.4 Å². The van der Waals surface area contributed by atoms with Gasteiger partial charge in [-0.1, -0.05) is 18.2 Å². The summed E-state index contributed by atoms with van der Waals surface area (Å²) >= 11 is 0. The maximum absolute atomic E-state index is 12.8. The van der Waals surface area contributed by atoms with Crippen molar-refractivity contribution in [3.05, 3.63) is 41.6 Å². The van der Waals surface area contributed by atoms with Crippen LogP contribution in [-0.2, 0) is 9.59 Å². The fourth-order valence-electron chi connectivity index (χ4n) is 4.43. The minimum absolute atomic E-state index is 0.0225. The minimum atomic E-state index is -0.562. The van der Waals surface area contributed by atoms with Gasteiger partial charge < -0.3 is 25.0 Å². The third-order valence-corrected chi connectivity index (χ3v) is 5.57. The van der Waals surface area contributed by atoms with E-state index in [1.807, 2.05) is 24.3 Å². The van der Waals surface area contributed by atoms with Crippen LogP contribution >= 0.6 is 0 Å². The van der Waals surface area contributed by atoms with E-state index in [4.69, 9.17) is 4.74 Å². The average molecular weight is 369 g/mol. The van der Waals surface area contributed by atoms with E-state index in [-0.39, 0.29) is 23.6 Å². The molecule has 1 aromatic carbocycles. The lowest BCUT2D eigenvalue weighted by atomic mass is 9.86. The van der Waals surface area contributed by atoms with Crippen LogP contribution in [0, 0.1) is 0 Å². The number of H-pyrrole nitrogens is 1. The lowest BCUT2D eigenvalue weighted by Crippen LogP contribution is -2.54. The van der Waals surface area contributed by atoms with Gasteiger partial charge in [0.2, 0.25) is 5.91 Å². The number of aromatic hydroxyl groups is 1. The first kappa shape index (κ1) is 17.5. The molecule has 1 fully saturated rings. The number of para-hydroxylation sites is 1. The Kier molecular flexibility index (Phi) is 4.30. The molecule has 4 rings (SSSR count). The molecule has 7 nitrogen and oxygen atoms in total. The fraction of sp³-hybridized carbons (Fsp3) is 0.400. The van der Waals surface area contributed by atoms with Crippen LogP contribution < -0.4 is 10.1 Å². The SMILES string of the molecule is COc1ccccc1C1c2c(c[nH]c2O)NC2C(=O)CCCC2N1C(C)=O. The zero-order valence-electron chi connectivity index (χ0n) is 15.4. The number of aromatic amines is 1. The molecule has 0 spiro atoms. The number of anilines is 1. The number of ether oxygens (including phenoxy) is 1. The molecule has 1 aliphatic heterocycles. The number of carbonyl (C=O) groups excluding carboxylic acids is 2. The van der Waals surface area contributed by atoms with Crippen molar-refractivity contribution < 1.29 is 19.4 Å². The maximum atomic E-state index is 12.8. The first-order valence-corrected chi connectivity index (χ1v) is 9.14. The van der Waals surface area contributed by atoms with Gasteiger partial charge in [0.15, 0.2) is 11.7 Å². The number of hydrogen-bond donors (Lipinski definition) is 3. The van der Waals surface area contributed by atoms with Gasteiger partial charge in [-0.05, 0) is 18.9 Å². The van der Waals surface area contributed by atoms with Gasteiger partial charge in [0.05, 0.1) is 30.4 Å². The smallest absolute Gasteiger partial charge is 0.220 e. The van der Waals surface area contributed by atoms with Gasteiger partial charge in [0.1, 0.15) is 11.8 Å². The summed E-state index contributed by atoms with van der Waals surface area (Å²) in [6.45, 7) is 1.51. The second kappa shape index (κ2) is 6.64. The summed E-state index contributed by atoms with van der Waals surface area (Å²) < 4.78 is 5.54. The van der Waals surface area contributed by atoms with Crippen LogP contribution in [0.15, 0.2) is 30.5 Å². The molecule has 1 amide bonds. The predicted octanol–water partition coefficient (Wildman–Crippen LogP) is 2.58. The lowest BCUT2D eigenvalue weighted by Gasteiger charge is -2.41. The number of aromatic nitrogens is 1. The Morgan fingerprint density at radius 3 is 2.85 bits per heavy atom. The summed E-state index contributed by atoms with van der Waals surface area (Å²) in [5, 5.41) is 13.8. The predicted molar refractivity (Wildman–Crippen MR) is 99.9 cm³/mol. The molecule has 0 bridgehead atoms. The summed E-state index contributed by atoms with van der Waals surface area (Å²) in [7, 11) is 1.58. The highest BCUT2D eigenvalue weighted by Gasteiger charge is 2.46. The van der Waals surface area contributed by atoms with Gasteiger partial charge in [-0.2, -0.15) is 0 Å². The van der Waals surface area contributed by atoms with Crippen molar-refractivity contribution in [2.24, 2.45) is 0 Å². The third-order valence-electron chi connectivity index (χ3n) is 5.57. The quantitative estimate of drug-likeness (QED) is 0.756. The largest absolute Gasteiger partial charge is 0.496 e. The summed E-state index contributed by atoms with van der Waals surface area (Å²) in [5.41, 5.74) is 1.96. The molecule has 7 heteroatoms. The summed E-state index contributed by atoms with van der Waals surface area (Å²) in [6, 6.07) is 6.12. The molecule has 1 aliphatic carbocycles. The van der Waals surface area contributed by atoms with Gasteiger partial charge >= 0.3 is 0 Å². The monoisotopic (exact) mass is 369 g/mol. The molecule has 2 aromatic rings. The van der Waals surface area contributed by atoms with Crippen LogP contribution in [0.25, 0.3) is 0 Å². The number of nitrogens with one attached hydrogen (secondary N) is 2. The number of rotatable bonds is 2. The Bertz CT molecular complexity index is 891. The molecule has 2 aliphatic rings. The molecule has 3 atom stereocenters. The van der Waals surface area contributed by atoms with E-state index >= 15 is 0 Å². The fourth-order valence-corrected chi connectivity index (χ4v) is 4.43. The summed E-state index contributed by atoms with van der Waals surface area (Å²) in [6.07, 6.45) is 3.61. The van der Waals surface area contributed by atoms with Gasteiger partial charge in [-0.15, -0.1) is 0 Å². The van der Waals surface area contributed by atoms with E-state index in [1.54, 1.807) is 18.2 Å². The molecule has 27 heavy (non-hydrogen) atoms.